The van der Waals surface area contributed by atoms with Crippen molar-refractivity contribution in [2.24, 2.45) is 13.0 Å². The number of unbranched alkanes of at least 4 members (excludes halogenated alkanes) is 1. The van der Waals surface area contributed by atoms with Gasteiger partial charge >= 0.3 is 0 Å². The average molecular weight is 327 g/mol. The molecule has 2 aromatic rings. The SMILES string of the molecule is CC(CO)CCc1ccc(C(=O)CCCCc2ccccc2)n1C. The second kappa shape index (κ2) is 9.43. The number of benzene rings is 1. The molecular weight excluding hydrogens is 298 g/mol. The minimum Gasteiger partial charge on any atom is -0.396 e. The lowest BCUT2D eigenvalue weighted by atomic mass is 10.0. The molecule has 0 bridgehead atoms. The molecule has 1 unspecified atom stereocenters. The van der Waals surface area contributed by atoms with Crippen LogP contribution in [0.4, 0.5) is 0 Å². The molecule has 0 aliphatic heterocycles. The number of aryl methyl sites for hydroxylation is 2. The van der Waals surface area contributed by atoms with Gasteiger partial charge in [-0.25, -0.2) is 0 Å². The second-order valence-corrected chi connectivity index (χ2v) is 6.71. The molecule has 1 aromatic heterocycles. The summed E-state index contributed by atoms with van der Waals surface area (Å²) in [5.41, 5.74) is 3.31. The summed E-state index contributed by atoms with van der Waals surface area (Å²) in [4.78, 5) is 12.4. The van der Waals surface area contributed by atoms with Crippen LogP contribution in [-0.4, -0.2) is 22.1 Å². The van der Waals surface area contributed by atoms with Gasteiger partial charge in [0.15, 0.2) is 5.78 Å². The van der Waals surface area contributed by atoms with E-state index in [9.17, 15) is 4.79 Å². The molecule has 0 saturated carbocycles. The van der Waals surface area contributed by atoms with Crippen molar-refractivity contribution >= 4 is 5.78 Å². The molecule has 0 radical (unpaired) electrons. The van der Waals surface area contributed by atoms with Crippen molar-refractivity contribution < 1.29 is 9.90 Å². The van der Waals surface area contributed by atoms with E-state index in [4.69, 9.17) is 5.11 Å². The third-order valence-corrected chi connectivity index (χ3v) is 4.68. The van der Waals surface area contributed by atoms with E-state index in [1.807, 2.05) is 36.7 Å². The van der Waals surface area contributed by atoms with Crippen LogP contribution in [0.15, 0.2) is 42.5 Å². The van der Waals surface area contributed by atoms with E-state index in [1.54, 1.807) is 0 Å². The summed E-state index contributed by atoms with van der Waals surface area (Å²) >= 11 is 0. The Kier molecular flexibility index (Phi) is 7.26. The average Bonchev–Trinajstić information content (AvgIpc) is 2.98. The zero-order valence-corrected chi connectivity index (χ0v) is 14.9. The fourth-order valence-electron chi connectivity index (χ4n) is 2.96. The van der Waals surface area contributed by atoms with E-state index >= 15 is 0 Å². The van der Waals surface area contributed by atoms with Crippen molar-refractivity contribution in [2.75, 3.05) is 6.61 Å². The molecule has 0 amide bonds. The van der Waals surface area contributed by atoms with Crippen LogP contribution in [0.2, 0.25) is 0 Å². The summed E-state index contributed by atoms with van der Waals surface area (Å²) in [7, 11) is 1.97. The summed E-state index contributed by atoms with van der Waals surface area (Å²) in [6.07, 6.45) is 5.46. The number of aliphatic hydroxyl groups is 1. The van der Waals surface area contributed by atoms with Gasteiger partial charge in [0.1, 0.15) is 0 Å². The molecule has 1 N–H and O–H groups in total. The highest BCUT2D eigenvalue weighted by molar-refractivity contribution is 5.94. The van der Waals surface area contributed by atoms with Crippen molar-refractivity contribution in [3.63, 3.8) is 0 Å². The molecule has 130 valence electrons. The molecule has 24 heavy (non-hydrogen) atoms. The molecule has 0 saturated heterocycles. The van der Waals surface area contributed by atoms with Crippen LogP contribution in [0, 0.1) is 5.92 Å². The van der Waals surface area contributed by atoms with Gasteiger partial charge in [-0.05, 0) is 55.7 Å². The lowest BCUT2D eigenvalue weighted by molar-refractivity contribution is 0.0971. The van der Waals surface area contributed by atoms with Crippen LogP contribution in [0.3, 0.4) is 0 Å². The number of carbonyl (C=O) groups is 1. The number of aromatic nitrogens is 1. The molecule has 2 rings (SSSR count). The molecule has 0 aliphatic carbocycles. The van der Waals surface area contributed by atoms with Gasteiger partial charge < -0.3 is 9.67 Å². The number of hydrogen-bond donors (Lipinski definition) is 1. The maximum atomic E-state index is 12.4. The number of hydrogen-bond acceptors (Lipinski definition) is 2. The predicted molar refractivity (Wildman–Crippen MR) is 98.3 cm³/mol. The van der Waals surface area contributed by atoms with E-state index in [2.05, 4.69) is 24.3 Å². The summed E-state index contributed by atoms with van der Waals surface area (Å²) < 4.78 is 2.02. The van der Waals surface area contributed by atoms with Crippen molar-refractivity contribution in [3.8, 4) is 0 Å². The fourth-order valence-corrected chi connectivity index (χ4v) is 2.96. The Morgan fingerprint density at radius 3 is 2.54 bits per heavy atom. The zero-order chi connectivity index (χ0) is 17.4. The minimum atomic E-state index is 0.220. The first-order valence-electron chi connectivity index (χ1n) is 8.94. The molecule has 1 aromatic carbocycles. The summed E-state index contributed by atoms with van der Waals surface area (Å²) in [5, 5.41) is 9.12. The van der Waals surface area contributed by atoms with E-state index in [0.717, 1.165) is 37.8 Å². The molecule has 0 fully saturated rings. The largest absolute Gasteiger partial charge is 0.396 e. The fraction of sp³-hybridized carbons (Fsp3) is 0.476. The van der Waals surface area contributed by atoms with Gasteiger partial charge in [0.2, 0.25) is 0 Å². The van der Waals surface area contributed by atoms with Crippen LogP contribution in [-0.2, 0) is 19.9 Å². The van der Waals surface area contributed by atoms with E-state index in [1.165, 1.54) is 11.3 Å². The Labute approximate surface area is 145 Å². The standard InChI is InChI=1S/C21H29NO2/c1-17(16-23)12-13-19-14-15-20(22(19)2)21(24)11-7-6-10-18-8-4-3-5-9-18/h3-5,8-9,14-15,17,23H,6-7,10-13,16H2,1-2H3. The van der Waals surface area contributed by atoms with Gasteiger partial charge in [0.25, 0.3) is 0 Å². The van der Waals surface area contributed by atoms with Gasteiger partial charge in [-0.3, -0.25) is 4.79 Å². The van der Waals surface area contributed by atoms with Crippen LogP contribution in [0.25, 0.3) is 0 Å². The lowest BCUT2D eigenvalue weighted by Crippen LogP contribution is -2.09. The minimum absolute atomic E-state index is 0.220. The maximum Gasteiger partial charge on any atom is 0.179 e. The molecule has 0 aliphatic rings. The van der Waals surface area contributed by atoms with Crippen molar-refractivity contribution in [2.45, 2.75) is 45.4 Å². The normalized spacial score (nSPS) is 12.3. The van der Waals surface area contributed by atoms with Gasteiger partial charge in [0.05, 0.1) is 5.69 Å². The lowest BCUT2D eigenvalue weighted by Gasteiger charge is -2.10. The molecule has 3 nitrogen and oxygen atoms in total. The topological polar surface area (TPSA) is 42.2 Å². The number of aliphatic hydroxyl groups excluding tert-OH is 1. The van der Waals surface area contributed by atoms with Gasteiger partial charge in [-0.2, -0.15) is 0 Å². The molecule has 3 heteroatoms. The maximum absolute atomic E-state index is 12.4. The summed E-state index contributed by atoms with van der Waals surface area (Å²) in [5.74, 6) is 0.532. The first-order valence-corrected chi connectivity index (χ1v) is 8.94. The van der Waals surface area contributed by atoms with Crippen LogP contribution in [0.1, 0.15) is 54.4 Å². The monoisotopic (exact) mass is 327 g/mol. The van der Waals surface area contributed by atoms with E-state index < -0.39 is 0 Å². The first-order chi connectivity index (χ1) is 11.6. The Bertz CT molecular complexity index is 631. The second-order valence-electron chi connectivity index (χ2n) is 6.71. The van der Waals surface area contributed by atoms with E-state index in [-0.39, 0.29) is 12.4 Å². The third-order valence-electron chi connectivity index (χ3n) is 4.68. The van der Waals surface area contributed by atoms with Crippen LogP contribution in [0.5, 0.6) is 0 Å². The van der Waals surface area contributed by atoms with Crippen LogP contribution >= 0.6 is 0 Å². The van der Waals surface area contributed by atoms with Crippen LogP contribution < -0.4 is 0 Å². The number of rotatable bonds is 10. The van der Waals surface area contributed by atoms with Crippen molar-refractivity contribution in [1.29, 1.82) is 0 Å². The Morgan fingerprint density at radius 2 is 1.83 bits per heavy atom. The van der Waals surface area contributed by atoms with Crippen molar-refractivity contribution in [3.05, 3.63) is 59.4 Å². The Hall–Kier alpha value is -1.87. The Balaban J connectivity index is 1.79. The van der Waals surface area contributed by atoms with Gasteiger partial charge in [-0.15, -0.1) is 0 Å². The number of Topliss-reactive ketones (excluding diaryl/α,β-unsaturated/α-hetero) is 1. The quantitative estimate of drug-likeness (QED) is 0.525. The highest BCUT2D eigenvalue weighted by atomic mass is 16.3. The smallest absolute Gasteiger partial charge is 0.179 e. The number of nitrogens with zero attached hydrogens (tertiary/aromatic N) is 1. The molecule has 1 atom stereocenters. The third kappa shape index (κ3) is 5.34. The highest BCUT2D eigenvalue weighted by Crippen LogP contribution is 2.16. The van der Waals surface area contributed by atoms with Crippen molar-refractivity contribution in [1.82, 2.24) is 4.57 Å². The highest BCUT2D eigenvalue weighted by Gasteiger charge is 2.13. The predicted octanol–water partition coefficient (Wildman–Crippen LogP) is 4.18. The van der Waals surface area contributed by atoms with Gasteiger partial charge in [-0.1, -0.05) is 37.3 Å². The molecule has 1 heterocycles. The van der Waals surface area contributed by atoms with E-state index in [0.29, 0.717) is 12.3 Å². The number of carbonyl (C=O) groups excluding carboxylic acids is 1. The summed E-state index contributed by atoms with van der Waals surface area (Å²) in [6.45, 7) is 2.26. The molecule has 0 spiro atoms. The first kappa shape index (κ1) is 18.5. The van der Waals surface area contributed by atoms with Gasteiger partial charge in [0, 0.05) is 25.8 Å². The zero-order valence-electron chi connectivity index (χ0n) is 14.9. The molecular formula is C21H29NO2. The Morgan fingerprint density at radius 1 is 1.08 bits per heavy atom. The summed E-state index contributed by atoms with van der Waals surface area (Å²) in [6, 6.07) is 14.4. The number of ketones is 1.